The number of esters is 1. The molecule has 4 N–H and O–H groups in total. The van der Waals surface area contributed by atoms with Crippen LogP contribution in [0.1, 0.15) is 86.8 Å². The molecule has 66 heavy (non-hydrogen) atoms. The zero-order valence-electron chi connectivity index (χ0n) is 40.7. The maximum atomic E-state index is 14.0. The van der Waals surface area contributed by atoms with Crippen LogP contribution in [-0.4, -0.2) is 194 Å². The Hall–Kier alpha value is -2.70. The lowest BCUT2D eigenvalue weighted by Crippen LogP contribution is -2.64. The van der Waals surface area contributed by atoms with Crippen LogP contribution in [0.25, 0.3) is 0 Å². The van der Waals surface area contributed by atoms with E-state index in [2.05, 4.69) is 10.3 Å². The number of carbonyl (C=O) groups excluding carboxylic acids is 2. The van der Waals surface area contributed by atoms with Gasteiger partial charge in [-0.15, -0.1) is 5.10 Å². The van der Waals surface area contributed by atoms with Crippen molar-refractivity contribution in [2.24, 2.45) is 23.7 Å². The predicted molar refractivity (Wildman–Crippen MR) is 241 cm³/mol. The lowest BCUT2D eigenvalue weighted by molar-refractivity contribution is -0.307. The molecule has 0 bridgehead atoms. The van der Waals surface area contributed by atoms with Crippen LogP contribution in [0.4, 0.5) is 0 Å². The molecular weight excluding hydrogens is 859 g/mol. The number of ketones is 1. The minimum Gasteiger partial charge on any atom is -0.462 e. The molecule has 0 aromatic carbocycles. The van der Waals surface area contributed by atoms with Gasteiger partial charge in [-0.3, -0.25) is 14.5 Å². The molecule has 3 aliphatic heterocycles. The summed E-state index contributed by atoms with van der Waals surface area (Å²) < 4.78 is 55.8. The van der Waals surface area contributed by atoms with Crippen LogP contribution < -0.4 is 0 Å². The molecule has 0 spiro atoms. The van der Waals surface area contributed by atoms with E-state index in [4.69, 9.17) is 50.6 Å². The number of aliphatic hydroxyl groups is 4. The maximum Gasteiger partial charge on any atom is 0.308 e. The van der Waals surface area contributed by atoms with Gasteiger partial charge in [0.15, 0.2) is 24.7 Å². The molecular formula is C46H77BN4O15. The number of hydrogen-bond acceptors (Lipinski definition) is 18. The number of aromatic nitrogens is 3. The predicted octanol–water partition coefficient (Wildman–Crippen LogP) is 1.90. The van der Waals surface area contributed by atoms with E-state index in [0.29, 0.717) is 43.9 Å². The van der Waals surface area contributed by atoms with Crippen LogP contribution in [0.5, 0.6) is 0 Å². The van der Waals surface area contributed by atoms with Crippen molar-refractivity contribution < 1.29 is 72.6 Å². The average Bonchev–Trinajstić information content (AvgIpc) is 3.70. The number of carbonyl (C=O) groups is 2. The summed E-state index contributed by atoms with van der Waals surface area (Å²) in [4.78, 5) is 29.8. The summed E-state index contributed by atoms with van der Waals surface area (Å²) in [5, 5.41) is 53.9. The summed E-state index contributed by atoms with van der Waals surface area (Å²) in [6.07, 6.45) is -4.77. The Labute approximate surface area is 391 Å². The van der Waals surface area contributed by atoms with E-state index in [1.807, 2.05) is 40.7 Å². The monoisotopic (exact) mass is 937 g/mol. The average molecular weight is 937 g/mol. The number of hydrogen-bond donors (Lipinski definition) is 4. The standard InChI is InChI=1S/C46H77BN4O15/c1-12-35-31(24-62-46-44(59-11)43(58-10)40(56)29(8)64-46)19-25(4)15-16-33(52)26(5)20-30(21-37(60-13-2)61-14-3)42(27(6)34(53)22-36(54)65-35)66-45-41(57)38(39(55)28(7)63-45)50(9)18-17-32-23-51(47)49-48-32/h15-16,19,23,26-31,34-35,37-46,53,55-57H,12-14,17-18,20-22,24H2,1-11H3/t26-,27+,28?,29?,30-,31-,34-,35-,38?,39?,40?,41?,42-,43?,44?,45?,46?/m1/s1. The molecule has 3 aliphatic rings. The smallest absolute Gasteiger partial charge is 0.308 e. The van der Waals surface area contributed by atoms with Gasteiger partial charge < -0.3 is 67.7 Å². The Morgan fingerprint density at radius 2 is 1.56 bits per heavy atom. The van der Waals surface area contributed by atoms with Gasteiger partial charge in [-0.05, 0) is 66.5 Å². The summed E-state index contributed by atoms with van der Waals surface area (Å²) in [5.41, 5.74) is 1.33. The molecule has 4 rings (SSSR count). The minimum absolute atomic E-state index is 0.00476. The zero-order chi connectivity index (χ0) is 48.8. The number of likely N-dealkylation sites (N-methyl/N-ethyl adjacent to an activating group) is 1. The Morgan fingerprint density at radius 1 is 0.909 bits per heavy atom. The van der Waals surface area contributed by atoms with Crippen molar-refractivity contribution in [3.05, 3.63) is 35.7 Å². The number of aliphatic hydroxyl groups excluding tert-OH is 4. The molecule has 10 unspecified atom stereocenters. The van der Waals surface area contributed by atoms with Crippen LogP contribution in [0.2, 0.25) is 0 Å². The van der Waals surface area contributed by atoms with Gasteiger partial charge in [-0.25, -0.2) is 0 Å². The van der Waals surface area contributed by atoms with Gasteiger partial charge in [0.05, 0.1) is 55.3 Å². The number of nitrogens with zero attached hydrogens (tertiary/aromatic N) is 4. The van der Waals surface area contributed by atoms with Crippen molar-refractivity contribution >= 4 is 19.7 Å². The number of allylic oxidation sites excluding steroid dienone is 3. The topological polar surface area (TPSA) is 232 Å². The fourth-order valence-corrected chi connectivity index (χ4v) is 9.22. The molecule has 2 saturated heterocycles. The number of ether oxygens (including phenoxy) is 9. The Bertz CT molecular complexity index is 1680. The van der Waals surface area contributed by atoms with E-state index >= 15 is 0 Å². The first-order chi connectivity index (χ1) is 31.4. The third kappa shape index (κ3) is 15.2. The Balaban J connectivity index is 1.69. The van der Waals surface area contributed by atoms with Gasteiger partial charge in [0, 0.05) is 70.8 Å². The lowest BCUT2D eigenvalue weighted by atomic mass is 9.79. The molecule has 20 heteroatoms. The van der Waals surface area contributed by atoms with Crippen LogP contribution >= 0.6 is 0 Å². The second-order valence-electron chi connectivity index (χ2n) is 18.0. The van der Waals surface area contributed by atoms with Crippen LogP contribution in [0.15, 0.2) is 30.0 Å². The lowest BCUT2D eigenvalue weighted by Gasteiger charge is -2.47. The van der Waals surface area contributed by atoms with Gasteiger partial charge in [0.25, 0.3) is 7.98 Å². The minimum atomic E-state index is -1.38. The van der Waals surface area contributed by atoms with Crippen molar-refractivity contribution in [1.29, 1.82) is 0 Å². The third-order valence-corrected chi connectivity index (χ3v) is 13.1. The SMILES string of the molecule is [B]n1cc(CCN(C)C2C(O)C(C)OC(O[C@H]3[C@@H](CC(OCC)OCC)C[C@@H](C)C(=O)C=CC(C)=C[C@H](COC4OC(C)C(O)C(OC)C4OC)[C@@H](CC)OC(=O)C[C@@H](O)[C@@H]3C)C2O)nn1. The van der Waals surface area contributed by atoms with E-state index in [1.54, 1.807) is 45.0 Å². The normalized spacial score (nSPS) is 36.7. The number of rotatable bonds is 18. The summed E-state index contributed by atoms with van der Waals surface area (Å²) in [6.45, 7) is 15.4. The molecule has 4 heterocycles. The molecule has 0 amide bonds. The molecule has 1 aromatic heterocycles. The number of cyclic esters (lactones) is 1. The molecule has 0 saturated carbocycles. The fraction of sp³-hybridized carbons (Fsp3) is 0.826. The second-order valence-corrected chi connectivity index (χ2v) is 18.0. The molecule has 374 valence electrons. The molecule has 19 nitrogen and oxygen atoms in total. The van der Waals surface area contributed by atoms with E-state index in [1.165, 1.54) is 20.3 Å². The first-order valence-electron chi connectivity index (χ1n) is 23.4. The first kappa shape index (κ1) is 55.9. The molecule has 17 atom stereocenters. The first-order valence-corrected chi connectivity index (χ1v) is 23.4. The fourth-order valence-electron chi connectivity index (χ4n) is 9.22. The number of methoxy groups -OCH3 is 2. The van der Waals surface area contributed by atoms with E-state index < -0.39 is 122 Å². The van der Waals surface area contributed by atoms with E-state index in [0.717, 1.165) is 4.59 Å². The molecule has 0 aliphatic carbocycles. The van der Waals surface area contributed by atoms with Gasteiger partial charge in [-0.2, -0.15) is 0 Å². The largest absolute Gasteiger partial charge is 0.462 e. The van der Waals surface area contributed by atoms with Gasteiger partial charge in [0.2, 0.25) is 0 Å². The van der Waals surface area contributed by atoms with Crippen molar-refractivity contribution in [1.82, 2.24) is 19.8 Å². The van der Waals surface area contributed by atoms with Gasteiger partial charge in [-0.1, -0.05) is 43.7 Å². The van der Waals surface area contributed by atoms with Crippen molar-refractivity contribution in [3.8, 4) is 0 Å². The summed E-state index contributed by atoms with van der Waals surface area (Å²) in [6, 6.07) is -0.850. The highest BCUT2D eigenvalue weighted by Crippen LogP contribution is 2.36. The quantitative estimate of drug-likeness (QED) is 0.0936. The van der Waals surface area contributed by atoms with Crippen LogP contribution in [0, 0.1) is 23.7 Å². The maximum absolute atomic E-state index is 14.0. The van der Waals surface area contributed by atoms with Gasteiger partial charge >= 0.3 is 5.97 Å². The third-order valence-electron chi connectivity index (χ3n) is 13.1. The highest BCUT2D eigenvalue weighted by molar-refractivity contribution is 6.05. The highest BCUT2D eigenvalue weighted by Gasteiger charge is 2.49. The summed E-state index contributed by atoms with van der Waals surface area (Å²) in [7, 11) is 10.4. The Kier molecular flexibility index (Phi) is 22.8. The van der Waals surface area contributed by atoms with Crippen molar-refractivity contribution in [2.75, 3.05) is 47.6 Å². The molecule has 1 aromatic rings. The van der Waals surface area contributed by atoms with Crippen LogP contribution in [0.3, 0.4) is 0 Å². The van der Waals surface area contributed by atoms with Crippen molar-refractivity contribution in [2.45, 2.75) is 173 Å². The van der Waals surface area contributed by atoms with Crippen molar-refractivity contribution in [3.63, 3.8) is 0 Å². The highest BCUT2D eigenvalue weighted by atomic mass is 16.7. The summed E-state index contributed by atoms with van der Waals surface area (Å²) >= 11 is 0. The molecule has 2 fully saturated rings. The summed E-state index contributed by atoms with van der Waals surface area (Å²) in [5.74, 6) is -3.30. The van der Waals surface area contributed by atoms with Gasteiger partial charge in [0.1, 0.15) is 30.5 Å². The molecule has 2 radical (unpaired) electrons. The van der Waals surface area contributed by atoms with E-state index in [9.17, 15) is 30.0 Å². The zero-order valence-corrected chi connectivity index (χ0v) is 40.7. The Morgan fingerprint density at radius 3 is 2.17 bits per heavy atom. The van der Waals surface area contributed by atoms with E-state index in [-0.39, 0.29) is 25.2 Å². The van der Waals surface area contributed by atoms with Crippen LogP contribution in [-0.2, 0) is 58.6 Å². The second kappa shape index (κ2) is 26.9.